The van der Waals surface area contributed by atoms with Crippen LogP contribution in [0.3, 0.4) is 0 Å². The van der Waals surface area contributed by atoms with Gasteiger partial charge in [0, 0.05) is 28.0 Å². The molecule has 0 saturated heterocycles. The second kappa shape index (κ2) is 4.17. The van der Waals surface area contributed by atoms with Gasteiger partial charge in [0.25, 0.3) is 0 Å². The van der Waals surface area contributed by atoms with Crippen LogP contribution in [-0.2, 0) is 0 Å². The molecule has 0 unspecified atom stereocenters. The van der Waals surface area contributed by atoms with E-state index < -0.39 is 0 Å². The first-order valence-electron chi connectivity index (χ1n) is 6.44. The number of pyridine rings is 1. The van der Waals surface area contributed by atoms with Crippen molar-refractivity contribution >= 4 is 21.8 Å². The van der Waals surface area contributed by atoms with Gasteiger partial charge in [0.1, 0.15) is 5.82 Å². The highest BCUT2D eigenvalue weighted by Gasteiger charge is 2.10. The number of fused-ring (bicyclic) bond motifs is 3. The molecule has 0 aliphatic carbocycles. The zero-order valence-corrected chi connectivity index (χ0v) is 10.6. The Morgan fingerprint density at radius 2 is 1.80 bits per heavy atom. The average Bonchev–Trinajstić information content (AvgIpc) is 2.86. The number of hydrogen-bond acceptors (Lipinski definition) is 1. The van der Waals surface area contributed by atoms with Crippen LogP contribution in [0.4, 0.5) is 4.39 Å². The summed E-state index contributed by atoms with van der Waals surface area (Å²) < 4.78 is 13.4. The lowest BCUT2D eigenvalue weighted by atomic mass is 10.1. The predicted octanol–water partition coefficient (Wildman–Crippen LogP) is 4.52. The predicted molar refractivity (Wildman–Crippen MR) is 79.0 cm³/mol. The molecule has 2 aromatic carbocycles. The number of nitrogens with zero attached hydrogens (tertiary/aromatic N) is 1. The molecule has 0 bridgehead atoms. The van der Waals surface area contributed by atoms with E-state index in [4.69, 9.17) is 0 Å². The van der Waals surface area contributed by atoms with Gasteiger partial charge in [-0.05, 0) is 24.3 Å². The maximum absolute atomic E-state index is 13.4. The van der Waals surface area contributed by atoms with Crippen molar-refractivity contribution in [2.75, 3.05) is 0 Å². The van der Waals surface area contributed by atoms with Crippen LogP contribution in [0.1, 0.15) is 0 Å². The first-order chi connectivity index (χ1) is 9.83. The largest absolute Gasteiger partial charge is 0.353 e. The summed E-state index contributed by atoms with van der Waals surface area (Å²) >= 11 is 0. The molecule has 0 radical (unpaired) electrons. The minimum Gasteiger partial charge on any atom is -0.353 e. The van der Waals surface area contributed by atoms with Gasteiger partial charge < -0.3 is 4.98 Å². The van der Waals surface area contributed by atoms with E-state index in [1.165, 1.54) is 12.1 Å². The zero-order chi connectivity index (χ0) is 13.5. The van der Waals surface area contributed by atoms with E-state index >= 15 is 0 Å². The number of H-pyrrole nitrogens is 1. The summed E-state index contributed by atoms with van der Waals surface area (Å²) in [5.74, 6) is -0.252. The highest BCUT2D eigenvalue weighted by molar-refractivity contribution is 6.10. The molecule has 0 fully saturated rings. The van der Waals surface area contributed by atoms with Crippen molar-refractivity contribution < 1.29 is 4.39 Å². The van der Waals surface area contributed by atoms with Gasteiger partial charge in [-0.3, -0.25) is 4.98 Å². The molecule has 0 atom stereocenters. The summed E-state index contributed by atoms with van der Waals surface area (Å²) in [5, 5.41) is 2.26. The van der Waals surface area contributed by atoms with Gasteiger partial charge in [-0.2, -0.15) is 0 Å². The van der Waals surface area contributed by atoms with Crippen LogP contribution in [0.5, 0.6) is 0 Å². The summed E-state index contributed by atoms with van der Waals surface area (Å²) in [4.78, 5) is 7.80. The van der Waals surface area contributed by atoms with Crippen LogP contribution in [0.25, 0.3) is 33.1 Å². The van der Waals surface area contributed by atoms with Crippen LogP contribution in [0.15, 0.2) is 60.8 Å². The number of halogens is 1. The number of nitrogens with one attached hydrogen (secondary N) is 1. The second-order valence-electron chi connectivity index (χ2n) is 4.76. The summed E-state index contributed by atoms with van der Waals surface area (Å²) in [6.07, 6.45) is 1.77. The fourth-order valence-electron chi connectivity index (χ4n) is 2.63. The van der Waals surface area contributed by atoms with Crippen LogP contribution >= 0.6 is 0 Å². The topological polar surface area (TPSA) is 28.7 Å². The molecule has 1 N–H and O–H groups in total. The quantitative estimate of drug-likeness (QED) is 0.536. The van der Waals surface area contributed by atoms with Gasteiger partial charge in [0.2, 0.25) is 0 Å². The number of para-hydroxylation sites is 1. The van der Waals surface area contributed by atoms with Crippen LogP contribution in [-0.4, -0.2) is 9.97 Å². The highest BCUT2D eigenvalue weighted by atomic mass is 19.1. The molecule has 2 heterocycles. The van der Waals surface area contributed by atoms with Crippen LogP contribution in [0, 0.1) is 5.82 Å². The van der Waals surface area contributed by atoms with Gasteiger partial charge in [-0.25, -0.2) is 4.39 Å². The molecule has 4 rings (SSSR count). The molecular weight excluding hydrogens is 251 g/mol. The standard InChI is InChI=1S/C17H11FN2/c18-12-5-3-4-11(10-12)16-17-14(8-9-19-16)13-6-1-2-7-15(13)20-17/h1-10,20H. The Kier molecular flexibility index (Phi) is 2.33. The number of hydrogen-bond donors (Lipinski definition) is 1. The van der Waals surface area contributed by atoms with E-state index in [0.29, 0.717) is 0 Å². The molecule has 0 amide bonds. The van der Waals surface area contributed by atoms with Gasteiger partial charge in [-0.15, -0.1) is 0 Å². The number of aromatic nitrogens is 2. The van der Waals surface area contributed by atoms with E-state index in [1.807, 2.05) is 30.3 Å². The fraction of sp³-hybridized carbons (Fsp3) is 0. The lowest BCUT2D eigenvalue weighted by molar-refractivity contribution is 0.628. The van der Waals surface area contributed by atoms with Crippen LogP contribution < -0.4 is 0 Å². The second-order valence-corrected chi connectivity index (χ2v) is 4.76. The zero-order valence-electron chi connectivity index (χ0n) is 10.6. The van der Waals surface area contributed by atoms with Crippen molar-refractivity contribution in [2.24, 2.45) is 0 Å². The fourth-order valence-corrected chi connectivity index (χ4v) is 2.63. The van der Waals surface area contributed by atoms with Gasteiger partial charge in [0.05, 0.1) is 11.2 Å². The Morgan fingerprint density at radius 1 is 0.900 bits per heavy atom. The highest BCUT2D eigenvalue weighted by Crippen LogP contribution is 2.31. The normalized spacial score (nSPS) is 11.2. The maximum Gasteiger partial charge on any atom is 0.123 e. The van der Waals surface area contributed by atoms with Crippen molar-refractivity contribution in [3.05, 3.63) is 66.6 Å². The molecule has 2 nitrogen and oxygen atoms in total. The van der Waals surface area contributed by atoms with Gasteiger partial charge in [-0.1, -0.05) is 30.3 Å². The van der Waals surface area contributed by atoms with Gasteiger partial charge in [0.15, 0.2) is 0 Å². The third-order valence-corrected chi connectivity index (χ3v) is 3.53. The maximum atomic E-state index is 13.4. The SMILES string of the molecule is Fc1cccc(-c2nccc3c2[nH]c2ccccc23)c1. The molecule has 3 heteroatoms. The molecule has 0 saturated carbocycles. The Morgan fingerprint density at radius 3 is 2.70 bits per heavy atom. The Balaban J connectivity index is 2.10. The van der Waals surface area contributed by atoms with Crippen molar-refractivity contribution in [3.8, 4) is 11.3 Å². The minimum absolute atomic E-state index is 0.252. The minimum atomic E-state index is -0.252. The Bertz CT molecular complexity index is 924. The van der Waals surface area contributed by atoms with E-state index in [-0.39, 0.29) is 5.82 Å². The molecule has 96 valence electrons. The first kappa shape index (κ1) is 11.2. The summed E-state index contributed by atoms with van der Waals surface area (Å²) in [6, 6.07) is 16.6. The van der Waals surface area contributed by atoms with E-state index in [2.05, 4.69) is 16.0 Å². The van der Waals surface area contributed by atoms with Crippen LogP contribution in [0.2, 0.25) is 0 Å². The molecule has 2 aromatic heterocycles. The summed E-state index contributed by atoms with van der Waals surface area (Å²) in [7, 11) is 0. The average molecular weight is 262 g/mol. The first-order valence-corrected chi connectivity index (χ1v) is 6.44. The number of aromatic amines is 1. The molecular formula is C17H11FN2. The number of rotatable bonds is 1. The molecule has 0 spiro atoms. The monoisotopic (exact) mass is 262 g/mol. The summed E-state index contributed by atoms with van der Waals surface area (Å²) in [5.41, 5.74) is 3.56. The lowest BCUT2D eigenvalue weighted by Gasteiger charge is -2.02. The van der Waals surface area contributed by atoms with E-state index in [1.54, 1.807) is 12.3 Å². The smallest absolute Gasteiger partial charge is 0.123 e. The van der Waals surface area contributed by atoms with Crippen molar-refractivity contribution in [3.63, 3.8) is 0 Å². The third-order valence-electron chi connectivity index (χ3n) is 3.53. The molecule has 0 aliphatic heterocycles. The third kappa shape index (κ3) is 1.60. The Hall–Kier alpha value is -2.68. The molecule has 4 aromatic rings. The molecule has 20 heavy (non-hydrogen) atoms. The number of benzene rings is 2. The molecule has 0 aliphatic rings. The van der Waals surface area contributed by atoms with Gasteiger partial charge >= 0.3 is 0 Å². The van der Waals surface area contributed by atoms with Crippen molar-refractivity contribution in [1.29, 1.82) is 0 Å². The van der Waals surface area contributed by atoms with E-state index in [0.717, 1.165) is 33.1 Å². The van der Waals surface area contributed by atoms with E-state index in [9.17, 15) is 4.39 Å². The Labute approximate surface area is 114 Å². The summed E-state index contributed by atoms with van der Waals surface area (Å²) in [6.45, 7) is 0. The van der Waals surface area contributed by atoms with Crippen molar-refractivity contribution in [2.45, 2.75) is 0 Å². The van der Waals surface area contributed by atoms with Crippen molar-refractivity contribution in [1.82, 2.24) is 9.97 Å². The lowest BCUT2D eigenvalue weighted by Crippen LogP contribution is -1.86.